The maximum atomic E-state index is 5.48. The van der Waals surface area contributed by atoms with Gasteiger partial charge < -0.3 is 4.74 Å². The van der Waals surface area contributed by atoms with Gasteiger partial charge in [0.2, 0.25) is 0 Å². The Morgan fingerprint density at radius 3 is 1.88 bits per heavy atom. The van der Waals surface area contributed by atoms with Gasteiger partial charge in [-0.2, -0.15) is 0 Å². The first kappa shape index (κ1) is 19.1. The van der Waals surface area contributed by atoms with E-state index in [-0.39, 0.29) is 0 Å². The summed E-state index contributed by atoms with van der Waals surface area (Å²) < 4.78 is 5.48. The molecule has 3 heteroatoms. The van der Waals surface area contributed by atoms with Gasteiger partial charge in [0.05, 0.1) is 7.11 Å². The molecule has 0 amide bonds. The molecule has 0 saturated carbocycles. The van der Waals surface area contributed by atoms with Crippen LogP contribution in [0.1, 0.15) is 0 Å². The fourth-order valence-electron chi connectivity index (χ4n) is 2.62. The topological polar surface area (TPSA) is 9.23 Å². The summed E-state index contributed by atoms with van der Waals surface area (Å²) in [6, 6.07) is 23.6. The van der Waals surface area contributed by atoms with Gasteiger partial charge >= 0.3 is 34.6 Å². The molecular weight excluding hydrogens is 415 g/mol. The van der Waals surface area contributed by atoms with Gasteiger partial charge in [0.15, 0.2) is 0 Å². The fourth-order valence-corrected chi connectivity index (χ4v) is 4.58. The number of ether oxygens (including phenoxy) is 1. The normalized spacial score (nSPS) is 10.6. The van der Waals surface area contributed by atoms with Gasteiger partial charge in [-0.05, 0) is 16.6 Å². The SMILES string of the molecule is COc1ccc([Si](C)c2ccccc2)c2ccccc12.[CH3][Sn]([CH3])[CH3]. The van der Waals surface area contributed by atoms with Crippen molar-refractivity contribution in [2.45, 2.75) is 21.4 Å². The van der Waals surface area contributed by atoms with E-state index >= 15 is 0 Å². The molecule has 0 N–H and O–H groups in total. The van der Waals surface area contributed by atoms with Crippen molar-refractivity contribution in [3.8, 4) is 5.75 Å². The van der Waals surface area contributed by atoms with Gasteiger partial charge in [0.25, 0.3) is 0 Å². The summed E-state index contributed by atoms with van der Waals surface area (Å²) in [4.78, 5) is 7.09. The van der Waals surface area contributed by atoms with Crippen LogP contribution >= 0.6 is 0 Å². The van der Waals surface area contributed by atoms with Crippen LogP contribution in [0.3, 0.4) is 0 Å². The zero-order valence-corrected chi connectivity index (χ0v) is 19.1. The Hall–Kier alpha value is -1.26. The molecule has 0 bridgehead atoms. The van der Waals surface area contributed by atoms with Crippen molar-refractivity contribution in [3.63, 3.8) is 0 Å². The standard InChI is InChI=1S/C18H17OSi.3CH3.Sn/c1-19-17-12-13-18(16-11-7-6-10-15(16)17)20(2)14-8-4-3-5-9-14;;;;/h3-13H,1-2H3;3*1H3;. The van der Waals surface area contributed by atoms with E-state index in [1.165, 1.54) is 21.1 Å². The maximum absolute atomic E-state index is 5.48. The minimum atomic E-state index is -0.750. The van der Waals surface area contributed by atoms with Crippen LogP contribution in [0.5, 0.6) is 5.75 Å². The predicted molar refractivity (Wildman–Crippen MR) is 111 cm³/mol. The van der Waals surface area contributed by atoms with Crippen LogP contribution in [0.25, 0.3) is 10.8 Å². The first-order valence-electron chi connectivity index (χ1n) is 8.26. The number of hydrogen-bond donors (Lipinski definition) is 0. The Morgan fingerprint density at radius 1 is 0.750 bits per heavy atom. The van der Waals surface area contributed by atoms with Crippen molar-refractivity contribution >= 4 is 49.7 Å². The summed E-state index contributed by atoms with van der Waals surface area (Å²) in [6.07, 6.45) is 0. The van der Waals surface area contributed by atoms with E-state index in [2.05, 4.69) is 88.1 Å². The Balaban J connectivity index is 0.000000471. The van der Waals surface area contributed by atoms with Gasteiger partial charge in [-0.3, -0.25) is 0 Å². The molecule has 0 aromatic heterocycles. The molecule has 0 aliphatic heterocycles. The van der Waals surface area contributed by atoms with Crippen LogP contribution in [-0.4, -0.2) is 35.7 Å². The summed E-state index contributed by atoms with van der Waals surface area (Å²) >= 11 is -0.543. The summed E-state index contributed by atoms with van der Waals surface area (Å²) in [6.45, 7) is 2.36. The zero-order valence-electron chi connectivity index (χ0n) is 15.3. The first-order chi connectivity index (χ1) is 11.5. The van der Waals surface area contributed by atoms with Gasteiger partial charge in [-0.15, -0.1) is 0 Å². The molecule has 0 saturated heterocycles. The third-order valence-corrected chi connectivity index (χ3v) is 6.16. The van der Waals surface area contributed by atoms with E-state index in [1.807, 2.05) is 0 Å². The van der Waals surface area contributed by atoms with Crippen LogP contribution in [-0.2, 0) is 0 Å². The minimum absolute atomic E-state index is 0.543. The van der Waals surface area contributed by atoms with Crippen molar-refractivity contribution < 1.29 is 4.74 Å². The van der Waals surface area contributed by atoms with Crippen LogP contribution in [0.2, 0.25) is 21.4 Å². The van der Waals surface area contributed by atoms with E-state index in [4.69, 9.17) is 4.74 Å². The number of methoxy groups -OCH3 is 1. The molecule has 0 aliphatic carbocycles. The average molecular weight is 441 g/mol. The van der Waals surface area contributed by atoms with Gasteiger partial charge in [0, 0.05) is 5.39 Å². The summed E-state index contributed by atoms with van der Waals surface area (Å²) in [7, 11) is 0.983. The molecule has 0 heterocycles. The number of hydrogen-bond acceptors (Lipinski definition) is 1. The van der Waals surface area contributed by atoms with Crippen LogP contribution in [0.15, 0.2) is 66.7 Å². The van der Waals surface area contributed by atoms with Gasteiger partial charge in [-0.1, -0.05) is 72.4 Å². The second-order valence-corrected chi connectivity index (χ2v) is 17.3. The molecule has 3 aromatic rings. The number of rotatable bonds is 3. The van der Waals surface area contributed by atoms with Crippen LogP contribution in [0.4, 0.5) is 0 Å². The summed E-state index contributed by atoms with van der Waals surface area (Å²) in [5.41, 5.74) is 0. The molecule has 3 aromatic carbocycles. The molecule has 0 atom stereocenters. The van der Waals surface area contributed by atoms with E-state index in [0.29, 0.717) is 0 Å². The number of fused-ring (bicyclic) bond motifs is 1. The second-order valence-electron chi connectivity index (χ2n) is 6.35. The first-order valence-corrected chi connectivity index (χ1v) is 18.8. The molecule has 24 heavy (non-hydrogen) atoms. The van der Waals surface area contributed by atoms with E-state index in [0.717, 1.165) is 5.75 Å². The molecule has 0 fully saturated rings. The fraction of sp³-hybridized carbons (Fsp3) is 0.238. The molecule has 3 rings (SSSR count). The van der Waals surface area contributed by atoms with E-state index < -0.39 is 28.6 Å². The van der Waals surface area contributed by atoms with Crippen LogP contribution in [0, 0.1) is 0 Å². The third kappa shape index (κ3) is 4.87. The van der Waals surface area contributed by atoms with Crippen molar-refractivity contribution in [2.75, 3.05) is 7.11 Å². The van der Waals surface area contributed by atoms with Crippen LogP contribution < -0.4 is 15.1 Å². The predicted octanol–water partition coefficient (Wildman–Crippen LogP) is 4.46. The molecular formula is C21H26OSiSn. The molecule has 0 unspecified atom stereocenters. The van der Waals surface area contributed by atoms with E-state index in [1.54, 1.807) is 7.11 Å². The number of benzene rings is 3. The molecule has 0 spiro atoms. The Labute approximate surface area is 155 Å². The summed E-state index contributed by atoms with van der Waals surface area (Å²) in [5, 5.41) is 5.39. The molecule has 124 valence electrons. The van der Waals surface area contributed by atoms with Crippen molar-refractivity contribution in [1.29, 1.82) is 0 Å². The Morgan fingerprint density at radius 2 is 1.29 bits per heavy atom. The second kappa shape index (κ2) is 9.28. The van der Waals surface area contributed by atoms with Gasteiger partial charge in [0.1, 0.15) is 14.5 Å². The Bertz CT molecular complexity index is 768. The monoisotopic (exact) mass is 442 g/mol. The quantitative estimate of drug-likeness (QED) is 0.546. The zero-order chi connectivity index (χ0) is 17.5. The van der Waals surface area contributed by atoms with E-state index in [9.17, 15) is 0 Å². The van der Waals surface area contributed by atoms with Crippen molar-refractivity contribution in [2.24, 2.45) is 0 Å². The average Bonchev–Trinajstić information content (AvgIpc) is 2.60. The Kier molecular flexibility index (Phi) is 7.37. The summed E-state index contributed by atoms with van der Waals surface area (Å²) in [5.74, 6) is 0.951. The molecule has 1 nitrogen and oxygen atoms in total. The van der Waals surface area contributed by atoms with Crippen molar-refractivity contribution in [3.05, 3.63) is 66.7 Å². The molecule has 0 aliphatic rings. The van der Waals surface area contributed by atoms with Gasteiger partial charge in [-0.25, -0.2) is 0 Å². The third-order valence-electron chi connectivity index (χ3n) is 3.71. The molecule has 2 radical (unpaired) electrons. The van der Waals surface area contributed by atoms with Crippen molar-refractivity contribution in [1.82, 2.24) is 0 Å².